The first-order valence-electron chi connectivity index (χ1n) is 10.2. The maximum Gasteiger partial charge on any atom is 0.203 e. The molecular weight excluding hydrogens is 408 g/mol. The molecule has 0 saturated heterocycles. The summed E-state index contributed by atoms with van der Waals surface area (Å²) >= 11 is 0. The Morgan fingerprint density at radius 2 is 1.25 bits per heavy atom. The van der Waals surface area contributed by atoms with Crippen LogP contribution in [0, 0.1) is 0 Å². The van der Waals surface area contributed by atoms with E-state index in [1.54, 1.807) is 32.4 Å². The largest absolute Gasteiger partial charge is 0.493 e. The SMILES string of the molecule is CCc1cc(-c2cccc(C(=O)c3cc(OC)c(OC)c(OC)c3)c2)cc(OC)c1OC. The number of methoxy groups -OCH3 is 5. The fourth-order valence-electron chi connectivity index (χ4n) is 3.69. The van der Waals surface area contributed by atoms with E-state index in [4.69, 9.17) is 23.7 Å². The predicted molar refractivity (Wildman–Crippen MR) is 124 cm³/mol. The smallest absolute Gasteiger partial charge is 0.203 e. The molecule has 0 amide bonds. The average Bonchev–Trinajstić information content (AvgIpc) is 2.86. The van der Waals surface area contributed by atoms with Crippen molar-refractivity contribution < 1.29 is 28.5 Å². The molecule has 3 rings (SSSR count). The van der Waals surface area contributed by atoms with Crippen molar-refractivity contribution in [3.8, 4) is 39.9 Å². The maximum atomic E-state index is 13.3. The fourth-order valence-corrected chi connectivity index (χ4v) is 3.69. The van der Waals surface area contributed by atoms with Crippen LogP contribution in [0.2, 0.25) is 0 Å². The van der Waals surface area contributed by atoms with E-state index in [-0.39, 0.29) is 5.78 Å². The Morgan fingerprint density at radius 3 is 1.78 bits per heavy atom. The minimum absolute atomic E-state index is 0.151. The van der Waals surface area contributed by atoms with Crippen LogP contribution in [0.1, 0.15) is 28.4 Å². The van der Waals surface area contributed by atoms with Crippen LogP contribution in [0.25, 0.3) is 11.1 Å². The van der Waals surface area contributed by atoms with Gasteiger partial charge in [-0.25, -0.2) is 0 Å². The van der Waals surface area contributed by atoms with Crippen molar-refractivity contribution in [2.45, 2.75) is 13.3 Å². The van der Waals surface area contributed by atoms with Gasteiger partial charge in [0.1, 0.15) is 0 Å². The van der Waals surface area contributed by atoms with Crippen LogP contribution in [0.3, 0.4) is 0 Å². The summed E-state index contributed by atoms with van der Waals surface area (Å²) in [7, 11) is 7.82. The molecule has 0 unspecified atom stereocenters. The molecule has 32 heavy (non-hydrogen) atoms. The lowest BCUT2D eigenvalue weighted by Gasteiger charge is -2.15. The second kappa shape index (κ2) is 10.1. The average molecular weight is 437 g/mol. The Kier molecular flexibility index (Phi) is 7.25. The molecule has 0 saturated carbocycles. The van der Waals surface area contributed by atoms with E-state index in [2.05, 4.69) is 13.0 Å². The van der Waals surface area contributed by atoms with E-state index >= 15 is 0 Å². The van der Waals surface area contributed by atoms with Crippen molar-refractivity contribution in [3.63, 3.8) is 0 Å². The fraction of sp³-hybridized carbons (Fsp3) is 0.269. The van der Waals surface area contributed by atoms with Gasteiger partial charge in [0.25, 0.3) is 0 Å². The second-order valence-electron chi connectivity index (χ2n) is 7.05. The van der Waals surface area contributed by atoms with E-state index in [1.165, 1.54) is 21.3 Å². The molecule has 0 fully saturated rings. The number of benzene rings is 3. The molecule has 0 N–H and O–H groups in total. The second-order valence-corrected chi connectivity index (χ2v) is 7.05. The molecule has 0 bridgehead atoms. The monoisotopic (exact) mass is 436 g/mol. The molecule has 0 aliphatic rings. The van der Waals surface area contributed by atoms with E-state index < -0.39 is 0 Å². The number of carbonyl (C=O) groups excluding carboxylic acids is 1. The molecule has 0 heterocycles. The number of hydrogen-bond donors (Lipinski definition) is 0. The molecule has 3 aromatic rings. The zero-order valence-electron chi connectivity index (χ0n) is 19.3. The van der Waals surface area contributed by atoms with E-state index in [0.717, 1.165) is 28.9 Å². The molecule has 0 radical (unpaired) electrons. The standard InChI is InChI=1S/C26H28O6/c1-7-16-11-19(13-21(28-2)25(16)31-5)17-9-8-10-18(12-17)24(27)20-14-22(29-3)26(32-6)23(15-20)30-4/h8-15H,7H2,1-6H3. The Labute approximate surface area is 188 Å². The Hall–Kier alpha value is -3.67. The zero-order chi connectivity index (χ0) is 23.3. The van der Waals surface area contributed by atoms with Gasteiger partial charge in [-0.2, -0.15) is 0 Å². The quantitative estimate of drug-likeness (QED) is 0.430. The van der Waals surface area contributed by atoms with Gasteiger partial charge in [0.2, 0.25) is 5.75 Å². The van der Waals surface area contributed by atoms with E-state index in [1.807, 2.05) is 24.3 Å². The van der Waals surface area contributed by atoms with Crippen molar-refractivity contribution in [3.05, 3.63) is 65.2 Å². The topological polar surface area (TPSA) is 63.2 Å². The summed E-state index contributed by atoms with van der Waals surface area (Å²) in [6.07, 6.45) is 0.789. The molecule has 6 nitrogen and oxygen atoms in total. The summed E-state index contributed by atoms with van der Waals surface area (Å²) in [5.74, 6) is 2.53. The van der Waals surface area contributed by atoms with Crippen LogP contribution in [-0.4, -0.2) is 41.3 Å². The van der Waals surface area contributed by atoms with Gasteiger partial charge < -0.3 is 23.7 Å². The van der Waals surface area contributed by atoms with Crippen LogP contribution < -0.4 is 23.7 Å². The number of ketones is 1. The van der Waals surface area contributed by atoms with Crippen LogP contribution in [0.15, 0.2) is 48.5 Å². The van der Waals surface area contributed by atoms with Crippen LogP contribution in [0.4, 0.5) is 0 Å². The summed E-state index contributed by atoms with van der Waals surface area (Å²) in [6.45, 7) is 2.06. The highest BCUT2D eigenvalue weighted by Gasteiger charge is 2.19. The number of hydrogen-bond acceptors (Lipinski definition) is 6. The molecule has 3 aromatic carbocycles. The molecule has 0 aliphatic carbocycles. The molecule has 6 heteroatoms. The molecule has 0 atom stereocenters. The molecule has 0 aliphatic heterocycles. The van der Waals surface area contributed by atoms with E-state index in [0.29, 0.717) is 34.1 Å². The number of ether oxygens (including phenoxy) is 5. The van der Waals surface area contributed by atoms with Crippen molar-refractivity contribution in [1.82, 2.24) is 0 Å². The predicted octanol–water partition coefficient (Wildman–Crippen LogP) is 5.19. The first-order valence-corrected chi connectivity index (χ1v) is 10.2. The maximum absolute atomic E-state index is 13.3. The summed E-state index contributed by atoms with van der Waals surface area (Å²) in [5, 5.41) is 0. The third-order valence-corrected chi connectivity index (χ3v) is 5.32. The molecule has 0 spiro atoms. The summed E-state index contributed by atoms with van der Waals surface area (Å²) in [4.78, 5) is 13.3. The van der Waals surface area contributed by atoms with Gasteiger partial charge in [0.05, 0.1) is 35.5 Å². The highest BCUT2D eigenvalue weighted by molar-refractivity contribution is 6.10. The Balaban J connectivity index is 2.06. The molecule has 168 valence electrons. The lowest BCUT2D eigenvalue weighted by molar-refractivity contribution is 0.103. The van der Waals surface area contributed by atoms with Crippen molar-refractivity contribution >= 4 is 5.78 Å². The first kappa shape index (κ1) is 23.0. The van der Waals surface area contributed by atoms with Gasteiger partial charge in [-0.1, -0.05) is 25.1 Å². The van der Waals surface area contributed by atoms with Crippen LogP contribution in [0.5, 0.6) is 28.7 Å². The molecular formula is C26H28O6. The number of aryl methyl sites for hydroxylation is 1. The highest BCUT2D eigenvalue weighted by atomic mass is 16.5. The van der Waals surface area contributed by atoms with Crippen molar-refractivity contribution in [2.75, 3.05) is 35.5 Å². The van der Waals surface area contributed by atoms with Gasteiger partial charge in [0.15, 0.2) is 28.8 Å². The highest BCUT2D eigenvalue weighted by Crippen LogP contribution is 2.39. The van der Waals surface area contributed by atoms with Crippen LogP contribution in [-0.2, 0) is 6.42 Å². The van der Waals surface area contributed by atoms with Gasteiger partial charge in [0, 0.05) is 11.1 Å². The van der Waals surface area contributed by atoms with Gasteiger partial charge in [-0.05, 0) is 53.4 Å². The van der Waals surface area contributed by atoms with Crippen molar-refractivity contribution in [2.24, 2.45) is 0 Å². The first-order chi connectivity index (χ1) is 15.5. The van der Waals surface area contributed by atoms with Crippen LogP contribution >= 0.6 is 0 Å². The Bertz CT molecular complexity index is 1070. The van der Waals surface area contributed by atoms with Gasteiger partial charge in [-0.3, -0.25) is 4.79 Å². The zero-order valence-corrected chi connectivity index (χ0v) is 19.3. The van der Waals surface area contributed by atoms with Crippen molar-refractivity contribution in [1.29, 1.82) is 0 Å². The van der Waals surface area contributed by atoms with Gasteiger partial charge in [-0.15, -0.1) is 0 Å². The third kappa shape index (κ3) is 4.35. The Morgan fingerprint density at radius 1 is 0.656 bits per heavy atom. The molecule has 0 aromatic heterocycles. The minimum atomic E-state index is -0.151. The lowest BCUT2D eigenvalue weighted by Crippen LogP contribution is -2.04. The summed E-state index contributed by atoms with van der Waals surface area (Å²) < 4.78 is 27.2. The number of rotatable bonds is 9. The van der Waals surface area contributed by atoms with Gasteiger partial charge >= 0.3 is 0 Å². The number of carbonyl (C=O) groups is 1. The summed E-state index contributed by atoms with van der Waals surface area (Å²) in [5.41, 5.74) is 3.86. The minimum Gasteiger partial charge on any atom is -0.493 e. The van der Waals surface area contributed by atoms with E-state index in [9.17, 15) is 4.79 Å². The lowest BCUT2D eigenvalue weighted by atomic mass is 9.96. The summed E-state index contributed by atoms with van der Waals surface area (Å²) in [6, 6.07) is 14.8. The normalized spacial score (nSPS) is 10.4. The third-order valence-electron chi connectivity index (χ3n) is 5.32.